The summed E-state index contributed by atoms with van der Waals surface area (Å²) >= 11 is 14.5. The highest BCUT2D eigenvalue weighted by Crippen LogP contribution is 2.23. The fourth-order valence-electron chi connectivity index (χ4n) is 0.961. The third-order valence-corrected chi connectivity index (χ3v) is 3.12. The molecule has 1 rings (SSSR count). The number of carbonyl (C=O) groups is 1. The Kier molecular flexibility index (Phi) is 4.23. The van der Waals surface area contributed by atoms with Gasteiger partial charge in [0.2, 0.25) is 0 Å². The van der Waals surface area contributed by atoms with Crippen molar-refractivity contribution < 1.29 is 9.90 Å². The summed E-state index contributed by atoms with van der Waals surface area (Å²) in [4.78, 5) is 9.95. The summed E-state index contributed by atoms with van der Waals surface area (Å²) in [5, 5.41) is 9.57. The molecule has 0 fully saturated rings. The molecule has 2 nitrogen and oxygen atoms in total. The molecule has 14 heavy (non-hydrogen) atoms. The Morgan fingerprint density at radius 2 is 2.07 bits per heavy atom. The van der Waals surface area contributed by atoms with Crippen LogP contribution >= 0.6 is 39.1 Å². The van der Waals surface area contributed by atoms with E-state index in [0.29, 0.717) is 16.5 Å². The maximum atomic E-state index is 10.5. The third kappa shape index (κ3) is 3.15. The van der Waals surface area contributed by atoms with E-state index in [1.807, 2.05) is 0 Å². The van der Waals surface area contributed by atoms with Gasteiger partial charge in [-0.05, 0) is 24.1 Å². The molecule has 5 heteroatoms. The monoisotopic (exact) mass is 296 g/mol. The predicted octanol–water partition coefficient (Wildman–Crippen LogP) is 3.38. The maximum Gasteiger partial charge on any atom is 0.317 e. The Morgan fingerprint density at radius 3 is 2.57 bits per heavy atom. The van der Waals surface area contributed by atoms with E-state index in [1.165, 1.54) is 0 Å². The average Bonchev–Trinajstić information content (AvgIpc) is 2.11. The second kappa shape index (κ2) is 5.01. The number of aliphatic carboxylic acids is 1. The number of carboxylic acids is 1. The van der Waals surface area contributed by atoms with E-state index < -0.39 is 10.8 Å². The highest BCUT2D eigenvalue weighted by Gasteiger charge is 2.13. The van der Waals surface area contributed by atoms with Gasteiger partial charge < -0.3 is 5.11 Å². The molecule has 0 saturated heterocycles. The molecular formula is C9H7BrCl2O2. The average molecular weight is 298 g/mol. The minimum Gasteiger partial charge on any atom is -0.480 e. The second-order valence-electron chi connectivity index (χ2n) is 2.76. The van der Waals surface area contributed by atoms with Crippen molar-refractivity contribution in [3.8, 4) is 0 Å². The molecule has 0 spiro atoms. The topological polar surface area (TPSA) is 37.3 Å². The van der Waals surface area contributed by atoms with E-state index in [0.717, 1.165) is 5.56 Å². The van der Waals surface area contributed by atoms with Crippen LogP contribution in [-0.2, 0) is 11.2 Å². The zero-order valence-electron chi connectivity index (χ0n) is 7.01. The van der Waals surface area contributed by atoms with Crippen molar-refractivity contribution in [3.63, 3.8) is 0 Å². The largest absolute Gasteiger partial charge is 0.480 e. The van der Waals surface area contributed by atoms with Gasteiger partial charge >= 0.3 is 5.97 Å². The van der Waals surface area contributed by atoms with Crippen molar-refractivity contribution in [2.24, 2.45) is 0 Å². The van der Waals surface area contributed by atoms with E-state index in [1.54, 1.807) is 18.2 Å². The molecule has 0 amide bonds. The van der Waals surface area contributed by atoms with Gasteiger partial charge in [0.25, 0.3) is 0 Å². The predicted molar refractivity (Wildman–Crippen MR) is 60.5 cm³/mol. The first-order valence-electron chi connectivity index (χ1n) is 3.81. The van der Waals surface area contributed by atoms with Gasteiger partial charge in [0.1, 0.15) is 4.83 Å². The van der Waals surface area contributed by atoms with Crippen LogP contribution in [-0.4, -0.2) is 15.9 Å². The van der Waals surface area contributed by atoms with Crippen LogP contribution in [0.4, 0.5) is 0 Å². The molecule has 76 valence electrons. The Hall–Kier alpha value is -0.250. The first-order chi connectivity index (χ1) is 6.50. The van der Waals surface area contributed by atoms with Crippen LogP contribution in [0.2, 0.25) is 10.0 Å². The standard InChI is InChI=1S/C9H7BrCl2O2/c10-6(9(13)14)3-5-1-2-7(11)8(12)4-5/h1-2,4,6H,3H2,(H,13,14)/t6-/m0/s1. The van der Waals surface area contributed by atoms with E-state index in [-0.39, 0.29) is 0 Å². The Morgan fingerprint density at radius 1 is 1.43 bits per heavy atom. The van der Waals surface area contributed by atoms with Crippen LogP contribution in [0.1, 0.15) is 5.56 Å². The summed E-state index contributed by atoms with van der Waals surface area (Å²) in [5.41, 5.74) is 0.837. The van der Waals surface area contributed by atoms with Crippen molar-refractivity contribution in [2.75, 3.05) is 0 Å². The number of hydrogen-bond donors (Lipinski definition) is 1. The zero-order chi connectivity index (χ0) is 10.7. The molecule has 0 bridgehead atoms. The molecule has 1 aromatic carbocycles. The summed E-state index contributed by atoms with van der Waals surface area (Å²) in [6.07, 6.45) is 0.381. The first kappa shape index (κ1) is 11.8. The van der Waals surface area contributed by atoms with Crippen molar-refractivity contribution in [1.29, 1.82) is 0 Å². The Labute approximate surface area is 100.0 Å². The van der Waals surface area contributed by atoms with Crippen molar-refractivity contribution >= 4 is 45.1 Å². The van der Waals surface area contributed by atoms with Gasteiger partial charge in [0, 0.05) is 0 Å². The zero-order valence-corrected chi connectivity index (χ0v) is 10.1. The highest BCUT2D eigenvalue weighted by atomic mass is 79.9. The molecule has 0 radical (unpaired) electrons. The lowest BCUT2D eigenvalue weighted by Gasteiger charge is -2.05. The van der Waals surface area contributed by atoms with E-state index >= 15 is 0 Å². The van der Waals surface area contributed by atoms with Crippen molar-refractivity contribution in [2.45, 2.75) is 11.2 Å². The molecule has 0 aromatic heterocycles. The van der Waals surface area contributed by atoms with Gasteiger partial charge in [0.05, 0.1) is 10.0 Å². The maximum absolute atomic E-state index is 10.5. The molecule has 1 atom stereocenters. The number of alkyl halides is 1. The van der Waals surface area contributed by atoms with Crippen LogP contribution in [0.15, 0.2) is 18.2 Å². The minimum absolute atomic E-state index is 0.381. The van der Waals surface area contributed by atoms with Crippen LogP contribution in [0.25, 0.3) is 0 Å². The van der Waals surface area contributed by atoms with Gasteiger partial charge in [-0.2, -0.15) is 0 Å². The van der Waals surface area contributed by atoms with Gasteiger partial charge in [0.15, 0.2) is 0 Å². The van der Waals surface area contributed by atoms with Crippen LogP contribution in [0.3, 0.4) is 0 Å². The quantitative estimate of drug-likeness (QED) is 0.869. The van der Waals surface area contributed by atoms with Gasteiger partial charge in [-0.15, -0.1) is 0 Å². The second-order valence-corrected chi connectivity index (χ2v) is 4.68. The molecule has 0 unspecified atom stereocenters. The molecular weight excluding hydrogens is 291 g/mol. The lowest BCUT2D eigenvalue weighted by atomic mass is 10.1. The molecule has 0 aliphatic heterocycles. The summed E-state index contributed by atoms with van der Waals surface area (Å²) in [7, 11) is 0. The number of hydrogen-bond acceptors (Lipinski definition) is 1. The number of halogens is 3. The number of rotatable bonds is 3. The fourth-order valence-corrected chi connectivity index (χ4v) is 1.66. The smallest absolute Gasteiger partial charge is 0.317 e. The number of benzene rings is 1. The van der Waals surface area contributed by atoms with E-state index in [2.05, 4.69) is 15.9 Å². The Balaban J connectivity index is 2.78. The molecule has 0 saturated carbocycles. The van der Waals surface area contributed by atoms with Crippen molar-refractivity contribution in [3.05, 3.63) is 33.8 Å². The van der Waals surface area contributed by atoms with Gasteiger partial charge in [-0.3, -0.25) is 4.79 Å². The highest BCUT2D eigenvalue weighted by molar-refractivity contribution is 9.10. The summed E-state index contributed by atoms with van der Waals surface area (Å²) in [5.74, 6) is -0.893. The molecule has 0 aliphatic rings. The summed E-state index contributed by atoms with van der Waals surface area (Å²) < 4.78 is 0. The van der Waals surface area contributed by atoms with Crippen LogP contribution in [0.5, 0.6) is 0 Å². The summed E-state index contributed by atoms with van der Waals surface area (Å²) in [6.45, 7) is 0. The third-order valence-electron chi connectivity index (χ3n) is 1.67. The minimum atomic E-state index is -0.893. The lowest BCUT2D eigenvalue weighted by Crippen LogP contribution is -2.15. The molecule has 0 aliphatic carbocycles. The normalized spacial score (nSPS) is 12.5. The molecule has 0 heterocycles. The van der Waals surface area contributed by atoms with Crippen LogP contribution < -0.4 is 0 Å². The van der Waals surface area contributed by atoms with Crippen molar-refractivity contribution in [1.82, 2.24) is 0 Å². The van der Waals surface area contributed by atoms with Gasteiger partial charge in [-0.25, -0.2) is 0 Å². The van der Waals surface area contributed by atoms with E-state index in [9.17, 15) is 4.79 Å². The molecule has 1 aromatic rings. The first-order valence-corrected chi connectivity index (χ1v) is 5.48. The van der Waals surface area contributed by atoms with Crippen LogP contribution in [0, 0.1) is 0 Å². The van der Waals surface area contributed by atoms with Gasteiger partial charge in [-0.1, -0.05) is 45.2 Å². The van der Waals surface area contributed by atoms with E-state index in [4.69, 9.17) is 28.3 Å². The molecule has 1 N–H and O–H groups in total. The lowest BCUT2D eigenvalue weighted by molar-refractivity contribution is -0.136. The Bertz CT molecular complexity index is 355. The summed E-state index contributed by atoms with van der Waals surface area (Å²) in [6, 6.07) is 5.08. The SMILES string of the molecule is O=C(O)[C@@H](Br)Cc1ccc(Cl)c(Cl)c1. The number of carboxylic acid groups (broad SMARTS) is 1. The fraction of sp³-hybridized carbons (Fsp3) is 0.222.